The summed E-state index contributed by atoms with van der Waals surface area (Å²) in [6.45, 7) is 3.25. The van der Waals surface area contributed by atoms with Crippen molar-refractivity contribution >= 4 is 12.8 Å². The minimum atomic E-state index is -0.198. The fourth-order valence-corrected chi connectivity index (χ4v) is 2.06. The molecule has 1 aromatic rings. The number of rotatable bonds is 0. The van der Waals surface area contributed by atoms with Gasteiger partial charge in [0.15, 0.2) is 12.8 Å². The number of aryl methyl sites for hydroxylation is 1. The highest BCUT2D eigenvalue weighted by atomic mass is 16.5. The summed E-state index contributed by atoms with van der Waals surface area (Å²) in [6, 6.07) is 8.10. The standard InChI is InChI=1S/C9H10O.2C3H5NO/c10-9-6-5-7-3-1-2-4-8(7)9;2*1-2-5-3-4-1/h1-4,9-10H,5-6H2;2*3H,1-2H2. The van der Waals surface area contributed by atoms with Gasteiger partial charge in [0, 0.05) is 0 Å². The first-order valence-corrected chi connectivity index (χ1v) is 6.83. The molecule has 1 atom stereocenters. The van der Waals surface area contributed by atoms with Gasteiger partial charge in [0.05, 0.1) is 19.2 Å². The van der Waals surface area contributed by atoms with Crippen LogP contribution in [0.25, 0.3) is 0 Å². The van der Waals surface area contributed by atoms with Crippen LogP contribution in [0.4, 0.5) is 0 Å². The minimum Gasteiger partial charge on any atom is -0.482 e. The number of benzene rings is 1. The van der Waals surface area contributed by atoms with Crippen LogP contribution >= 0.6 is 0 Å². The lowest BCUT2D eigenvalue weighted by Crippen LogP contribution is -1.88. The molecule has 5 nitrogen and oxygen atoms in total. The molecule has 1 aromatic carbocycles. The Labute approximate surface area is 119 Å². The van der Waals surface area contributed by atoms with E-state index < -0.39 is 0 Å². The second-order valence-electron chi connectivity index (χ2n) is 4.52. The Morgan fingerprint density at radius 3 is 2.10 bits per heavy atom. The summed E-state index contributed by atoms with van der Waals surface area (Å²) >= 11 is 0. The predicted octanol–water partition coefficient (Wildman–Crippen LogP) is 1.76. The van der Waals surface area contributed by atoms with Crippen molar-refractivity contribution in [3.63, 3.8) is 0 Å². The lowest BCUT2D eigenvalue weighted by atomic mass is 10.1. The van der Waals surface area contributed by atoms with E-state index >= 15 is 0 Å². The Morgan fingerprint density at radius 1 is 1.00 bits per heavy atom. The lowest BCUT2D eigenvalue weighted by molar-refractivity contribution is 0.180. The predicted molar refractivity (Wildman–Crippen MR) is 78.3 cm³/mol. The van der Waals surface area contributed by atoms with Gasteiger partial charge in [0.1, 0.15) is 13.2 Å². The first-order chi connectivity index (χ1) is 9.88. The molecule has 5 heteroatoms. The first kappa shape index (κ1) is 14.5. The van der Waals surface area contributed by atoms with Crippen molar-refractivity contribution in [1.29, 1.82) is 0 Å². The SMILES string of the molecule is C1=NCCO1.C1=NCCO1.OC1CCc2ccccc21. The highest BCUT2D eigenvalue weighted by Gasteiger charge is 2.18. The number of aliphatic hydroxyl groups is 1. The average Bonchev–Trinajstić information content (AvgIpc) is 3.26. The van der Waals surface area contributed by atoms with Gasteiger partial charge in [-0.25, -0.2) is 0 Å². The third-order valence-electron chi connectivity index (χ3n) is 3.08. The number of ether oxygens (including phenoxy) is 2. The van der Waals surface area contributed by atoms with E-state index in [-0.39, 0.29) is 6.10 Å². The Kier molecular flexibility index (Phi) is 6.05. The summed E-state index contributed by atoms with van der Waals surface area (Å²) in [5.41, 5.74) is 2.44. The largest absolute Gasteiger partial charge is 0.482 e. The molecule has 0 fully saturated rings. The highest BCUT2D eigenvalue weighted by Crippen LogP contribution is 2.29. The molecule has 2 heterocycles. The monoisotopic (exact) mass is 276 g/mol. The molecule has 0 radical (unpaired) electrons. The molecule has 108 valence electrons. The number of hydrogen-bond acceptors (Lipinski definition) is 5. The van der Waals surface area contributed by atoms with Crippen LogP contribution in [0.1, 0.15) is 23.7 Å². The quantitative estimate of drug-likeness (QED) is 0.785. The van der Waals surface area contributed by atoms with Crippen LogP contribution in [0.3, 0.4) is 0 Å². The maximum atomic E-state index is 9.38. The van der Waals surface area contributed by atoms with Crippen molar-refractivity contribution < 1.29 is 14.6 Å². The van der Waals surface area contributed by atoms with Crippen molar-refractivity contribution in [3.05, 3.63) is 35.4 Å². The zero-order valence-electron chi connectivity index (χ0n) is 11.4. The van der Waals surface area contributed by atoms with Crippen LogP contribution in [0.5, 0.6) is 0 Å². The summed E-state index contributed by atoms with van der Waals surface area (Å²) in [5, 5.41) is 9.38. The van der Waals surface area contributed by atoms with E-state index in [1.165, 1.54) is 18.4 Å². The van der Waals surface area contributed by atoms with Gasteiger partial charge >= 0.3 is 0 Å². The molecule has 3 aliphatic rings. The van der Waals surface area contributed by atoms with Crippen LogP contribution < -0.4 is 0 Å². The smallest absolute Gasteiger partial charge is 0.169 e. The summed E-state index contributed by atoms with van der Waals surface area (Å²) in [5.74, 6) is 0. The van der Waals surface area contributed by atoms with Gasteiger partial charge in [-0.3, -0.25) is 9.98 Å². The van der Waals surface area contributed by atoms with E-state index in [0.29, 0.717) is 0 Å². The Hall–Kier alpha value is -1.88. The van der Waals surface area contributed by atoms with Crippen molar-refractivity contribution in [2.75, 3.05) is 26.3 Å². The first-order valence-electron chi connectivity index (χ1n) is 6.83. The molecule has 0 saturated heterocycles. The van der Waals surface area contributed by atoms with Gasteiger partial charge in [-0.1, -0.05) is 24.3 Å². The number of aliphatic hydroxyl groups excluding tert-OH is 1. The topological polar surface area (TPSA) is 63.4 Å². The Balaban J connectivity index is 0.000000124. The van der Waals surface area contributed by atoms with Crippen molar-refractivity contribution in [2.24, 2.45) is 9.98 Å². The average molecular weight is 276 g/mol. The summed E-state index contributed by atoms with van der Waals surface area (Å²) in [4.78, 5) is 7.47. The number of hydrogen-bond donors (Lipinski definition) is 1. The van der Waals surface area contributed by atoms with E-state index in [9.17, 15) is 5.11 Å². The van der Waals surface area contributed by atoms with Crippen LogP contribution in [-0.2, 0) is 15.9 Å². The van der Waals surface area contributed by atoms with E-state index in [4.69, 9.17) is 0 Å². The van der Waals surface area contributed by atoms with Gasteiger partial charge in [-0.2, -0.15) is 0 Å². The fourth-order valence-electron chi connectivity index (χ4n) is 2.06. The third-order valence-corrected chi connectivity index (χ3v) is 3.08. The molecule has 0 saturated carbocycles. The number of nitrogens with zero attached hydrogens (tertiary/aromatic N) is 2. The summed E-state index contributed by atoms with van der Waals surface area (Å²) in [6.07, 6.45) is 4.72. The molecular weight excluding hydrogens is 256 g/mol. The normalized spacial score (nSPS) is 20.9. The van der Waals surface area contributed by atoms with E-state index in [1.807, 2.05) is 18.2 Å². The van der Waals surface area contributed by atoms with Crippen molar-refractivity contribution in [3.8, 4) is 0 Å². The van der Waals surface area contributed by atoms with E-state index in [2.05, 4.69) is 25.5 Å². The van der Waals surface area contributed by atoms with Gasteiger partial charge in [-0.05, 0) is 24.0 Å². The highest BCUT2D eigenvalue weighted by molar-refractivity contribution is 5.48. The lowest BCUT2D eigenvalue weighted by Gasteiger charge is -2.00. The third kappa shape index (κ3) is 4.66. The van der Waals surface area contributed by atoms with Crippen molar-refractivity contribution in [1.82, 2.24) is 0 Å². The molecule has 20 heavy (non-hydrogen) atoms. The van der Waals surface area contributed by atoms with E-state index in [1.54, 1.807) is 0 Å². The van der Waals surface area contributed by atoms with Gasteiger partial charge in [0.25, 0.3) is 0 Å². The fraction of sp³-hybridized carbons (Fsp3) is 0.467. The number of aliphatic imine (C=N–C) groups is 2. The van der Waals surface area contributed by atoms with Gasteiger partial charge < -0.3 is 14.6 Å². The molecular formula is C15H20N2O3. The zero-order chi connectivity index (χ0) is 14.0. The Bertz CT molecular complexity index is 432. The molecule has 0 amide bonds. The second-order valence-corrected chi connectivity index (χ2v) is 4.52. The summed E-state index contributed by atoms with van der Waals surface area (Å²) < 4.78 is 9.31. The van der Waals surface area contributed by atoms with Crippen LogP contribution in [0.2, 0.25) is 0 Å². The molecule has 2 aliphatic heterocycles. The van der Waals surface area contributed by atoms with Crippen molar-refractivity contribution in [2.45, 2.75) is 18.9 Å². The number of fused-ring (bicyclic) bond motifs is 1. The van der Waals surface area contributed by atoms with Crippen LogP contribution in [0, 0.1) is 0 Å². The molecule has 1 unspecified atom stereocenters. The maximum absolute atomic E-state index is 9.38. The Morgan fingerprint density at radius 2 is 1.65 bits per heavy atom. The molecule has 1 N–H and O–H groups in total. The zero-order valence-corrected chi connectivity index (χ0v) is 11.4. The van der Waals surface area contributed by atoms with Gasteiger partial charge in [-0.15, -0.1) is 0 Å². The molecule has 0 bridgehead atoms. The molecule has 0 spiro atoms. The van der Waals surface area contributed by atoms with Gasteiger partial charge in [0.2, 0.25) is 0 Å². The second kappa shape index (κ2) is 8.32. The summed E-state index contributed by atoms with van der Waals surface area (Å²) in [7, 11) is 0. The molecule has 1 aliphatic carbocycles. The molecule has 0 aromatic heterocycles. The maximum Gasteiger partial charge on any atom is 0.169 e. The van der Waals surface area contributed by atoms with Crippen LogP contribution in [0.15, 0.2) is 34.3 Å². The van der Waals surface area contributed by atoms with Crippen LogP contribution in [-0.4, -0.2) is 44.2 Å². The molecule has 4 rings (SSSR count). The minimum absolute atomic E-state index is 0.198. The van der Waals surface area contributed by atoms with E-state index in [0.717, 1.165) is 44.7 Å².